The van der Waals surface area contributed by atoms with Crippen LogP contribution in [-0.2, 0) is 4.79 Å². The molecule has 140 valence electrons. The number of carbonyl (C=O) groups excluding carboxylic acids is 1. The summed E-state index contributed by atoms with van der Waals surface area (Å²) in [6.07, 6.45) is 5.48. The van der Waals surface area contributed by atoms with E-state index in [4.69, 9.17) is 23.2 Å². The lowest BCUT2D eigenvalue weighted by molar-refractivity contribution is -0.118. The minimum atomic E-state index is -0.0485. The monoisotopic (exact) mass is 400 g/mol. The molecule has 2 aliphatic rings. The summed E-state index contributed by atoms with van der Waals surface area (Å²) in [5.41, 5.74) is 4.16. The van der Waals surface area contributed by atoms with E-state index in [2.05, 4.69) is 28.9 Å². The molecule has 4 rings (SSSR count). The molecule has 3 nitrogen and oxygen atoms in total. The van der Waals surface area contributed by atoms with Crippen LogP contribution in [0.5, 0.6) is 0 Å². The summed E-state index contributed by atoms with van der Waals surface area (Å²) in [4.78, 5) is 12.0. The van der Waals surface area contributed by atoms with Crippen molar-refractivity contribution in [2.24, 2.45) is 11.8 Å². The van der Waals surface area contributed by atoms with Gasteiger partial charge in [0.1, 0.15) is 0 Å². The van der Waals surface area contributed by atoms with E-state index in [0.717, 1.165) is 23.4 Å². The van der Waals surface area contributed by atoms with Gasteiger partial charge in [0, 0.05) is 23.2 Å². The first-order chi connectivity index (χ1) is 13.0. The topological polar surface area (TPSA) is 41.1 Å². The van der Waals surface area contributed by atoms with Gasteiger partial charge in [0.15, 0.2) is 0 Å². The van der Waals surface area contributed by atoms with Crippen molar-refractivity contribution in [1.29, 1.82) is 0 Å². The fourth-order valence-electron chi connectivity index (χ4n) is 4.03. The third-order valence-electron chi connectivity index (χ3n) is 5.47. The molecule has 2 aromatic rings. The van der Waals surface area contributed by atoms with E-state index in [1.807, 2.05) is 44.2 Å². The first-order valence-electron chi connectivity index (χ1n) is 9.27. The van der Waals surface area contributed by atoms with Gasteiger partial charge < -0.3 is 10.6 Å². The number of fused-ring (bicyclic) bond motifs is 3. The summed E-state index contributed by atoms with van der Waals surface area (Å²) in [7, 11) is 0. The van der Waals surface area contributed by atoms with Crippen LogP contribution in [0.1, 0.15) is 43.4 Å². The molecule has 3 atom stereocenters. The smallest absolute Gasteiger partial charge is 0.226 e. The molecule has 0 bridgehead atoms. The van der Waals surface area contributed by atoms with Gasteiger partial charge in [0.25, 0.3) is 0 Å². The highest BCUT2D eigenvalue weighted by Crippen LogP contribution is 2.51. The Morgan fingerprint density at radius 2 is 2.00 bits per heavy atom. The van der Waals surface area contributed by atoms with Gasteiger partial charge >= 0.3 is 0 Å². The Balaban J connectivity index is 1.70. The molecule has 3 unspecified atom stereocenters. The van der Waals surface area contributed by atoms with E-state index in [1.165, 1.54) is 5.56 Å². The summed E-state index contributed by atoms with van der Waals surface area (Å²) in [5.74, 6) is 0.634. The van der Waals surface area contributed by atoms with Crippen molar-refractivity contribution in [3.63, 3.8) is 0 Å². The van der Waals surface area contributed by atoms with Crippen molar-refractivity contribution in [1.82, 2.24) is 0 Å². The highest BCUT2D eigenvalue weighted by atomic mass is 35.5. The molecule has 0 saturated heterocycles. The molecule has 1 aliphatic carbocycles. The van der Waals surface area contributed by atoms with Gasteiger partial charge in [-0.2, -0.15) is 0 Å². The van der Waals surface area contributed by atoms with Crippen LogP contribution >= 0.6 is 23.2 Å². The van der Waals surface area contributed by atoms with E-state index in [1.54, 1.807) is 0 Å². The summed E-state index contributed by atoms with van der Waals surface area (Å²) < 4.78 is 0. The lowest BCUT2D eigenvalue weighted by atomic mass is 9.77. The Kier molecular flexibility index (Phi) is 4.92. The van der Waals surface area contributed by atoms with E-state index < -0.39 is 0 Å². The highest BCUT2D eigenvalue weighted by molar-refractivity contribution is 6.42. The van der Waals surface area contributed by atoms with Gasteiger partial charge in [0.05, 0.1) is 16.1 Å². The quantitative estimate of drug-likeness (QED) is 0.583. The second kappa shape index (κ2) is 7.21. The molecule has 0 fully saturated rings. The fourth-order valence-corrected chi connectivity index (χ4v) is 4.45. The first-order valence-corrected chi connectivity index (χ1v) is 10.0. The molecule has 0 spiro atoms. The van der Waals surface area contributed by atoms with Crippen LogP contribution in [0.15, 0.2) is 48.6 Å². The van der Waals surface area contributed by atoms with Crippen molar-refractivity contribution in [3.05, 3.63) is 69.7 Å². The Morgan fingerprint density at radius 1 is 1.19 bits per heavy atom. The minimum Gasteiger partial charge on any atom is -0.378 e. The van der Waals surface area contributed by atoms with Crippen molar-refractivity contribution < 1.29 is 4.79 Å². The number of allylic oxidation sites excluding steroid dienone is 2. The average molecular weight is 401 g/mol. The number of amides is 1. The molecular formula is C22H22Cl2N2O. The molecule has 1 amide bonds. The Hall–Kier alpha value is -1.97. The predicted molar refractivity (Wildman–Crippen MR) is 113 cm³/mol. The number of nitrogens with one attached hydrogen (secondary N) is 2. The number of rotatable bonds is 3. The summed E-state index contributed by atoms with van der Waals surface area (Å²) >= 11 is 12.8. The van der Waals surface area contributed by atoms with Crippen LogP contribution in [0.3, 0.4) is 0 Å². The second-order valence-corrected chi connectivity index (χ2v) is 8.35. The molecule has 0 radical (unpaired) electrons. The number of hydrogen-bond donors (Lipinski definition) is 2. The predicted octanol–water partition coefficient (Wildman–Crippen LogP) is 6.41. The van der Waals surface area contributed by atoms with Crippen molar-refractivity contribution in [3.8, 4) is 0 Å². The maximum Gasteiger partial charge on any atom is 0.226 e. The molecule has 1 aliphatic heterocycles. The molecule has 5 heteroatoms. The summed E-state index contributed by atoms with van der Waals surface area (Å²) in [6.45, 7) is 3.79. The van der Waals surface area contributed by atoms with Gasteiger partial charge in [-0.3, -0.25) is 4.79 Å². The summed E-state index contributed by atoms with van der Waals surface area (Å²) in [6, 6.07) is 12.0. The zero-order valence-corrected chi connectivity index (χ0v) is 16.8. The maximum atomic E-state index is 12.0. The summed E-state index contributed by atoms with van der Waals surface area (Å²) in [5, 5.41) is 7.86. The van der Waals surface area contributed by atoms with Gasteiger partial charge in [-0.05, 0) is 47.7 Å². The molecule has 2 N–H and O–H groups in total. The van der Waals surface area contributed by atoms with Crippen LogP contribution < -0.4 is 10.6 Å². The SMILES string of the molecule is CC(C)C(=O)Nc1ccc2c(c1)C1C=CCC1C(c1cccc(Cl)c1Cl)N2. The zero-order chi connectivity index (χ0) is 19.1. The molecular weight excluding hydrogens is 379 g/mol. The van der Waals surface area contributed by atoms with Crippen LogP contribution in [0.4, 0.5) is 11.4 Å². The highest BCUT2D eigenvalue weighted by Gasteiger charge is 2.38. The molecule has 1 heterocycles. The van der Waals surface area contributed by atoms with E-state index in [9.17, 15) is 4.79 Å². The molecule has 0 saturated carbocycles. The molecule has 2 aromatic carbocycles. The van der Waals surface area contributed by atoms with Crippen molar-refractivity contribution in [2.75, 3.05) is 10.6 Å². The number of carbonyl (C=O) groups is 1. The normalized spacial score (nSPS) is 22.9. The van der Waals surface area contributed by atoms with Crippen molar-refractivity contribution >= 4 is 40.5 Å². The van der Waals surface area contributed by atoms with E-state index in [-0.39, 0.29) is 23.8 Å². The first kappa shape index (κ1) is 18.4. The van der Waals surface area contributed by atoms with Crippen molar-refractivity contribution in [2.45, 2.75) is 32.2 Å². The van der Waals surface area contributed by atoms with Gasteiger partial charge in [0.2, 0.25) is 5.91 Å². The van der Waals surface area contributed by atoms with E-state index >= 15 is 0 Å². The Labute approximate surface area is 169 Å². The average Bonchev–Trinajstić information content (AvgIpc) is 3.13. The number of hydrogen-bond acceptors (Lipinski definition) is 2. The fraction of sp³-hybridized carbons (Fsp3) is 0.318. The number of halogens is 2. The maximum absolute atomic E-state index is 12.0. The largest absolute Gasteiger partial charge is 0.378 e. The Bertz CT molecular complexity index is 923. The van der Waals surface area contributed by atoms with Gasteiger partial charge in [-0.1, -0.05) is 61.3 Å². The second-order valence-electron chi connectivity index (χ2n) is 7.56. The van der Waals surface area contributed by atoms with Crippen LogP contribution in [0.25, 0.3) is 0 Å². The Morgan fingerprint density at radius 3 is 2.78 bits per heavy atom. The lowest BCUT2D eigenvalue weighted by Crippen LogP contribution is -2.29. The molecule has 0 aromatic heterocycles. The van der Waals surface area contributed by atoms with Crippen LogP contribution in [0, 0.1) is 11.8 Å². The number of anilines is 2. The standard InChI is InChI=1S/C22H22Cl2N2O/c1-12(2)22(27)25-13-9-10-19-17(11-13)14-5-3-6-15(14)21(26-19)16-7-4-8-18(23)20(16)24/h3-5,7-12,14-15,21,26H,6H2,1-2H3,(H,25,27). The minimum absolute atomic E-state index is 0.0285. The van der Waals surface area contributed by atoms with Crippen LogP contribution in [-0.4, -0.2) is 5.91 Å². The number of benzene rings is 2. The third-order valence-corrected chi connectivity index (χ3v) is 6.30. The van der Waals surface area contributed by atoms with Gasteiger partial charge in [-0.25, -0.2) is 0 Å². The third kappa shape index (κ3) is 3.35. The molecule has 27 heavy (non-hydrogen) atoms. The zero-order valence-electron chi connectivity index (χ0n) is 15.3. The lowest BCUT2D eigenvalue weighted by Gasteiger charge is -2.38. The van der Waals surface area contributed by atoms with Gasteiger partial charge in [-0.15, -0.1) is 0 Å². The van der Waals surface area contributed by atoms with E-state index in [0.29, 0.717) is 16.0 Å². The van der Waals surface area contributed by atoms with Crippen LogP contribution in [0.2, 0.25) is 10.0 Å².